The minimum Gasteiger partial charge on any atom is -0.508 e. The number of carbonyl (C=O) groups is 2. The first-order valence-electron chi connectivity index (χ1n) is 12.8. The van der Waals surface area contributed by atoms with Gasteiger partial charge in [-0.3, -0.25) is 14.6 Å². The van der Waals surface area contributed by atoms with E-state index in [1.165, 1.54) is 17.7 Å². The van der Waals surface area contributed by atoms with Crippen molar-refractivity contribution in [2.75, 3.05) is 26.2 Å². The van der Waals surface area contributed by atoms with Gasteiger partial charge in [0.05, 0.1) is 0 Å². The number of carbonyl (C=O) groups excluding carboxylic acids is 2. The second-order valence-corrected chi connectivity index (χ2v) is 11.0. The number of hydrogen-bond acceptors (Lipinski definition) is 4. The first-order valence-corrected chi connectivity index (χ1v) is 13.2. The molecule has 3 amide bonds. The van der Waals surface area contributed by atoms with E-state index >= 15 is 0 Å². The Morgan fingerprint density at radius 2 is 1.83 bits per heavy atom. The number of amides is 3. The summed E-state index contributed by atoms with van der Waals surface area (Å²) < 4.78 is 0. The van der Waals surface area contributed by atoms with E-state index in [0.717, 1.165) is 53.7 Å². The van der Waals surface area contributed by atoms with E-state index in [1.807, 2.05) is 31.2 Å². The third kappa shape index (κ3) is 3.68. The summed E-state index contributed by atoms with van der Waals surface area (Å²) in [6.07, 6.45) is 5.21. The summed E-state index contributed by atoms with van der Waals surface area (Å²) in [6, 6.07) is 11.8. The summed E-state index contributed by atoms with van der Waals surface area (Å²) in [5.41, 5.74) is 2.50. The average Bonchev–Trinajstić information content (AvgIpc) is 3.12. The molecule has 0 aliphatic carbocycles. The van der Waals surface area contributed by atoms with Crippen molar-refractivity contribution in [1.82, 2.24) is 19.7 Å². The molecule has 2 N–H and O–H groups in total. The molecule has 6 rings (SSSR count). The summed E-state index contributed by atoms with van der Waals surface area (Å²) in [7, 11) is 0. The summed E-state index contributed by atoms with van der Waals surface area (Å²) in [5, 5.41) is 11.9. The summed E-state index contributed by atoms with van der Waals surface area (Å²) >= 11 is 6.35. The second-order valence-electron chi connectivity index (χ2n) is 10.5. The van der Waals surface area contributed by atoms with E-state index in [4.69, 9.17) is 11.6 Å². The highest BCUT2D eigenvalue weighted by Crippen LogP contribution is 2.49. The van der Waals surface area contributed by atoms with Gasteiger partial charge in [-0.25, -0.2) is 4.79 Å². The van der Waals surface area contributed by atoms with Crippen LogP contribution in [0.1, 0.15) is 55.5 Å². The minimum absolute atomic E-state index is 0.122. The highest BCUT2D eigenvalue weighted by Gasteiger charge is 2.60. The van der Waals surface area contributed by atoms with Crippen LogP contribution in [0.15, 0.2) is 42.5 Å². The number of urea groups is 1. The number of fused-ring (bicyclic) bond motifs is 4. The van der Waals surface area contributed by atoms with Crippen LogP contribution in [0.2, 0.25) is 5.02 Å². The standard InChI is InChI=1S/C28H31ClN4O3/c1-28-17-22-21-16-19(29)9-10-23(21)30-24(22)25(18-7-6-8-20(34)15-18)33(28)27(36)32(26(28)35)14-13-31-11-4-2-3-5-12-31/h6-10,15-16,25,30,34H,2-5,11-14,17H2,1H3. The minimum atomic E-state index is -1.03. The summed E-state index contributed by atoms with van der Waals surface area (Å²) in [4.78, 5) is 37.0. The number of aromatic amines is 1. The third-order valence-corrected chi connectivity index (χ3v) is 8.39. The number of nitrogens with zero attached hydrogens (tertiary/aromatic N) is 3. The number of phenols is 1. The molecule has 188 valence electrons. The average molecular weight is 507 g/mol. The Balaban J connectivity index is 1.42. The van der Waals surface area contributed by atoms with Gasteiger partial charge in [0.2, 0.25) is 0 Å². The zero-order valence-corrected chi connectivity index (χ0v) is 21.2. The van der Waals surface area contributed by atoms with Crippen LogP contribution < -0.4 is 0 Å². The van der Waals surface area contributed by atoms with Crippen LogP contribution in [0.4, 0.5) is 4.79 Å². The molecule has 8 heteroatoms. The Morgan fingerprint density at radius 1 is 1.06 bits per heavy atom. The van der Waals surface area contributed by atoms with Crippen LogP contribution in [-0.4, -0.2) is 68.4 Å². The molecule has 7 nitrogen and oxygen atoms in total. The van der Waals surface area contributed by atoms with E-state index in [1.54, 1.807) is 23.1 Å². The van der Waals surface area contributed by atoms with Crippen molar-refractivity contribution in [3.8, 4) is 5.75 Å². The normalized spacial score (nSPS) is 24.8. The molecule has 1 aromatic heterocycles. The van der Waals surface area contributed by atoms with Gasteiger partial charge in [0.15, 0.2) is 0 Å². The van der Waals surface area contributed by atoms with Gasteiger partial charge in [0.1, 0.15) is 17.3 Å². The van der Waals surface area contributed by atoms with Gasteiger partial charge < -0.3 is 15.0 Å². The number of aromatic nitrogens is 1. The quantitative estimate of drug-likeness (QED) is 0.484. The maximum absolute atomic E-state index is 14.0. The van der Waals surface area contributed by atoms with Crippen molar-refractivity contribution < 1.29 is 14.7 Å². The van der Waals surface area contributed by atoms with Crippen molar-refractivity contribution in [3.05, 3.63) is 64.3 Å². The Bertz CT molecular complexity index is 1350. The van der Waals surface area contributed by atoms with Crippen molar-refractivity contribution in [2.45, 2.75) is 50.6 Å². The van der Waals surface area contributed by atoms with E-state index < -0.39 is 11.6 Å². The first kappa shape index (κ1) is 23.4. The van der Waals surface area contributed by atoms with Gasteiger partial charge in [-0.2, -0.15) is 0 Å². The Morgan fingerprint density at radius 3 is 2.58 bits per heavy atom. The summed E-state index contributed by atoms with van der Waals surface area (Å²) in [5.74, 6) is -0.0361. The zero-order valence-electron chi connectivity index (χ0n) is 20.5. The second kappa shape index (κ2) is 8.82. The molecule has 2 saturated heterocycles. The molecule has 0 saturated carbocycles. The molecule has 2 unspecified atom stereocenters. The maximum Gasteiger partial charge on any atom is 0.328 e. The SMILES string of the molecule is CC12Cc3c([nH]c4ccc(Cl)cc34)C(c3cccc(O)c3)N1C(=O)N(CCN1CCCCCC1)C2=O. The van der Waals surface area contributed by atoms with Crippen LogP contribution in [0.5, 0.6) is 5.75 Å². The van der Waals surface area contributed by atoms with Gasteiger partial charge in [-0.05, 0) is 74.3 Å². The molecule has 3 aliphatic rings. The number of benzene rings is 2. The number of H-pyrrole nitrogens is 1. The number of rotatable bonds is 4. The van der Waals surface area contributed by atoms with Crippen molar-refractivity contribution in [3.63, 3.8) is 0 Å². The maximum atomic E-state index is 14.0. The Hall–Kier alpha value is -3.03. The predicted octanol–water partition coefficient (Wildman–Crippen LogP) is 5.07. The third-order valence-electron chi connectivity index (χ3n) is 8.15. The van der Waals surface area contributed by atoms with Gasteiger partial charge in [0, 0.05) is 41.1 Å². The van der Waals surface area contributed by atoms with E-state index in [0.29, 0.717) is 24.5 Å². The number of hydrogen-bond donors (Lipinski definition) is 2. The van der Waals surface area contributed by atoms with Crippen LogP contribution in [0.25, 0.3) is 10.9 Å². The highest BCUT2D eigenvalue weighted by molar-refractivity contribution is 6.31. The predicted molar refractivity (Wildman–Crippen MR) is 139 cm³/mol. The molecule has 2 atom stereocenters. The molecule has 3 aromatic rings. The lowest BCUT2D eigenvalue weighted by molar-refractivity contribution is -0.133. The fraction of sp³-hybridized carbons (Fsp3) is 0.429. The number of aromatic hydroxyl groups is 1. The molecule has 0 radical (unpaired) electrons. The van der Waals surface area contributed by atoms with Crippen molar-refractivity contribution in [2.24, 2.45) is 0 Å². The van der Waals surface area contributed by atoms with E-state index in [-0.39, 0.29) is 17.7 Å². The Kier molecular flexibility index (Phi) is 5.73. The highest BCUT2D eigenvalue weighted by atomic mass is 35.5. The summed E-state index contributed by atoms with van der Waals surface area (Å²) in [6.45, 7) is 4.99. The van der Waals surface area contributed by atoms with Crippen LogP contribution in [0.3, 0.4) is 0 Å². The van der Waals surface area contributed by atoms with Crippen LogP contribution in [0, 0.1) is 0 Å². The van der Waals surface area contributed by atoms with Crippen LogP contribution >= 0.6 is 11.6 Å². The van der Waals surface area contributed by atoms with E-state index in [2.05, 4.69) is 9.88 Å². The smallest absolute Gasteiger partial charge is 0.328 e. The molecule has 3 aliphatic heterocycles. The molecule has 36 heavy (non-hydrogen) atoms. The van der Waals surface area contributed by atoms with Crippen molar-refractivity contribution >= 4 is 34.4 Å². The number of likely N-dealkylation sites (tertiary alicyclic amines) is 1. The molecule has 0 spiro atoms. The molecular weight excluding hydrogens is 476 g/mol. The lowest BCUT2D eigenvalue weighted by Gasteiger charge is -2.42. The van der Waals surface area contributed by atoms with Gasteiger partial charge in [0.25, 0.3) is 5.91 Å². The van der Waals surface area contributed by atoms with Crippen molar-refractivity contribution in [1.29, 1.82) is 0 Å². The molecule has 4 heterocycles. The topological polar surface area (TPSA) is 79.9 Å². The first-order chi connectivity index (χ1) is 17.4. The largest absolute Gasteiger partial charge is 0.508 e. The zero-order chi connectivity index (χ0) is 25.0. The van der Waals surface area contributed by atoms with Gasteiger partial charge >= 0.3 is 6.03 Å². The number of nitrogens with one attached hydrogen (secondary N) is 1. The fourth-order valence-corrected chi connectivity index (χ4v) is 6.50. The number of phenolic OH excluding ortho intramolecular Hbond substituents is 1. The Labute approximate surface area is 215 Å². The number of imide groups is 1. The monoisotopic (exact) mass is 506 g/mol. The fourth-order valence-electron chi connectivity index (χ4n) is 6.32. The molecule has 2 fully saturated rings. The number of halogens is 1. The van der Waals surface area contributed by atoms with Gasteiger partial charge in [-0.15, -0.1) is 0 Å². The van der Waals surface area contributed by atoms with E-state index in [9.17, 15) is 14.7 Å². The lowest BCUT2D eigenvalue weighted by Crippen LogP contribution is -2.53. The molecule has 0 bridgehead atoms. The van der Waals surface area contributed by atoms with Crippen LogP contribution in [-0.2, 0) is 11.2 Å². The van der Waals surface area contributed by atoms with Gasteiger partial charge in [-0.1, -0.05) is 36.6 Å². The lowest BCUT2D eigenvalue weighted by atomic mass is 9.81. The molecule has 2 aromatic carbocycles. The molecular formula is C28H31ClN4O3.